The minimum atomic E-state index is -3.12. The second-order valence-electron chi connectivity index (χ2n) is 10.5. The second-order valence-corrected chi connectivity index (χ2v) is 10.5. The number of alkyl halides is 2. The van der Waals surface area contributed by atoms with E-state index in [1.807, 2.05) is 42.6 Å². The molecule has 1 atom stereocenters. The van der Waals surface area contributed by atoms with E-state index >= 15 is 0 Å². The fourth-order valence-corrected chi connectivity index (χ4v) is 5.07. The lowest BCUT2D eigenvalue weighted by Crippen LogP contribution is -2.43. The van der Waals surface area contributed by atoms with Crippen molar-refractivity contribution in [3.8, 4) is 6.07 Å². The fraction of sp³-hybridized carbons (Fsp3) is 0.367. The van der Waals surface area contributed by atoms with Crippen LogP contribution >= 0.6 is 0 Å². The molecule has 212 valence electrons. The maximum atomic E-state index is 13.7. The summed E-state index contributed by atoms with van der Waals surface area (Å²) in [7, 11) is 2.14. The SMILES string of the molecule is CN1CCN(Cc2ccc(/C=C/c3ccc4nccc(C(=O)NCC(=O)N5CC(F)(F)C[C@H]5C#N)c4c3)cn2)CC1. The largest absolute Gasteiger partial charge is 0.343 e. The number of nitrogens with zero attached hydrogens (tertiary/aromatic N) is 6. The first-order valence-electron chi connectivity index (χ1n) is 13.5. The molecule has 0 spiro atoms. The number of fused-ring (bicyclic) bond motifs is 1. The van der Waals surface area contributed by atoms with Gasteiger partial charge in [-0.2, -0.15) is 5.26 Å². The standard InChI is InChI=1S/C30H31F2N7O2/c1-37-10-12-38(13-11-37)19-23-6-4-22(17-35-23)3-2-21-5-7-27-26(14-21)25(8-9-34-27)29(41)36-18-28(40)39-20-30(31,32)15-24(39)16-33/h2-9,14,17,24H,10-13,15,18-20H2,1H3,(H,36,41)/b3-2+/t24-/m0/s1. The predicted molar refractivity (Wildman–Crippen MR) is 151 cm³/mol. The van der Waals surface area contributed by atoms with Gasteiger partial charge in [0.05, 0.1) is 35.9 Å². The first kappa shape index (κ1) is 28.3. The van der Waals surface area contributed by atoms with Crippen molar-refractivity contribution < 1.29 is 18.4 Å². The maximum Gasteiger partial charge on any atom is 0.268 e. The molecule has 1 N–H and O–H groups in total. The molecule has 0 aliphatic carbocycles. The summed E-state index contributed by atoms with van der Waals surface area (Å²) in [6, 6.07) is 11.7. The van der Waals surface area contributed by atoms with Crippen LogP contribution in [0.25, 0.3) is 23.1 Å². The predicted octanol–water partition coefficient (Wildman–Crippen LogP) is 3.04. The van der Waals surface area contributed by atoms with Gasteiger partial charge in [-0.3, -0.25) is 24.5 Å². The molecular weight excluding hydrogens is 528 g/mol. The Morgan fingerprint density at radius 3 is 2.59 bits per heavy atom. The average Bonchev–Trinajstić information content (AvgIpc) is 3.30. The summed E-state index contributed by atoms with van der Waals surface area (Å²) in [6.45, 7) is 3.70. The van der Waals surface area contributed by atoms with Gasteiger partial charge < -0.3 is 15.1 Å². The molecule has 2 aliphatic rings. The van der Waals surface area contributed by atoms with E-state index < -0.39 is 43.3 Å². The lowest BCUT2D eigenvalue weighted by Gasteiger charge is -2.32. The minimum absolute atomic E-state index is 0.302. The summed E-state index contributed by atoms with van der Waals surface area (Å²) in [5, 5.41) is 12.2. The molecule has 0 radical (unpaired) electrons. The van der Waals surface area contributed by atoms with Crippen molar-refractivity contribution in [2.75, 3.05) is 46.3 Å². The van der Waals surface area contributed by atoms with E-state index in [-0.39, 0.29) is 0 Å². The molecule has 2 aliphatic heterocycles. The van der Waals surface area contributed by atoms with Crippen LogP contribution in [-0.4, -0.2) is 94.8 Å². The molecule has 2 saturated heterocycles. The minimum Gasteiger partial charge on any atom is -0.343 e. The highest BCUT2D eigenvalue weighted by Crippen LogP contribution is 2.31. The molecule has 41 heavy (non-hydrogen) atoms. The van der Waals surface area contributed by atoms with Crippen LogP contribution in [0.15, 0.2) is 48.8 Å². The molecular formula is C30H31F2N7O2. The van der Waals surface area contributed by atoms with Crippen LogP contribution in [0, 0.1) is 11.3 Å². The quantitative estimate of drug-likeness (QED) is 0.475. The first-order valence-corrected chi connectivity index (χ1v) is 13.5. The van der Waals surface area contributed by atoms with Crippen molar-refractivity contribution in [1.29, 1.82) is 5.26 Å². The van der Waals surface area contributed by atoms with Crippen LogP contribution < -0.4 is 5.32 Å². The number of piperazine rings is 1. The maximum absolute atomic E-state index is 13.7. The Balaban J connectivity index is 1.23. The fourth-order valence-electron chi connectivity index (χ4n) is 5.07. The number of nitriles is 1. The van der Waals surface area contributed by atoms with Crippen LogP contribution in [0.2, 0.25) is 0 Å². The third-order valence-electron chi connectivity index (χ3n) is 7.45. The second kappa shape index (κ2) is 12.1. The van der Waals surface area contributed by atoms with Gasteiger partial charge in [0.15, 0.2) is 0 Å². The van der Waals surface area contributed by atoms with Crippen molar-refractivity contribution in [2.45, 2.75) is 24.9 Å². The van der Waals surface area contributed by atoms with E-state index in [4.69, 9.17) is 5.26 Å². The molecule has 0 saturated carbocycles. The topological polar surface area (TPSA) is 105 Å². The lowest BCUT2D eigenvalue weighted by molar-refractivity contribution is -0.131. The molecule has 11 heteroatoms. The molecule has 0 unspecified atom stereocenters. The Morgan fingerprint density at radius 2 is 1.85 bits per heavy atom. The number of hydrogen-bond donors (Lipinski definition) is 1. The van der Waals surface area contributed by atoms with Gasteiger partial charge in [-0.05, 0) is 42.4 Å². The van der Waals surface area contributed by atoms with Gasteiger partial charge >= 0.3 is 0 Å². The van der Waals surface area contributed by atoms with Crippen molar-refractivity contribution in [1.82, 2.24) is 30.0 Å². The van der Waals surface area contributed by atoms with Gasteiger partial charge in [0.2, 0.25) is 5.91 Å². The summed E-state index contributed by atoms with van der Waals surface area (Å²) in [5.74, 6) is -4.38. The number of amides is 2. The van der Waals surface area contributed by atoms with Gasteiger partial charge in [-0.25, -0.2) is 8.78 Å². The normalized spacial score (nSPS) is 19.5. The number of hydrogen-bond acceptors (Lipinski definition) is 7. The zero-order valence-electron chi connectivity index (χ0n) is 22.8. The van der Waals surface area contributed by atoms with E-state index in [2.05, 4.69) is 32.1 Å². The summed E-state index contributed by atoms with van der Waals surface area (Å²) >= 11 is 0. The summed E-state index contributed by atoms with van der Waals surface area (Å²) in [6.07, 6.45) is 6.50. The molecule has 2 amide bonds. The Morgan fingerprint density at radius 1 is 1.10 bits per heavy atom. The molecule has 0 bridgehead atoms. The van der Waals surface area contributed by atoms with Gasteiger partial charge in [-0.15, -0.1) is 0 Å². The van der Waals surface area contributed by atoms with Gasteiger partial charge in [0, 0.05) is 56.9 Å². The third-order valence-corrected chi connectivity index (χ3v) is 7.45. The monoisotopic (exact) mass is 559 g/mol. The first-order chi connectivity index (χ1) is 19.7. The van der Waals surface area contributed by atoms with Gasteiger partial charge in [0.25, 0.3) is 11.8 Å². The highest BCUT2D eigenvalue weighted by Gasteiger charge is 2.47. The van der Waals surface area contributed by atoms with Crippen LogP contribution in [-0.2, 0) is 11.3 Å². The number of rotatable bonds is 7. The number of nitrogens with one attached hydrogen (secondary N) is 1. The Hall–Kier alpha value is -4.27. The Kier molecular flexibility index (Phi) is 8.33. The van der Waals surface area contributed by atoms with Crippen molar-refractivity contribution >= 4 is 34.9 Å². The smallest absolute Gasteiger partial charge is 0.268 e. The molecule has 9 nitrogen and oxygen atoms in total. The molecule has 4 heterocycles. The number of benzene rings is 1. The van der Waals surface area contributed by atoms with Crippen LogP contribution in [0.1, 0.15) is 33.6 Å². The van der Waals surface area contributed by atoms with Crippen LogP contribution in [0.3, 0.4) is 0 Å². The molecule has 2 fully saturated rings. The summed E-state index contributed by atoms with van der Waals surface area (Å²) in [5.41, 5.74) is 3.71. The lowest BCUT2D eigenvalue weighted by atomic mass is 10.0. The van der Waals surface area contributed by atoms with Crippen molar-refractivity contribution in [3.63, 3.8) is 0 Å². The van der Waals surface area contributed by atoms with Crippen LogP contribution in [0.5, 0.6) is 0 Å². The third kappa shape index (κ3) is 6.90. The number of aromatic nitrogens is 2. The Bertz CT molecular complexity index is 1490. The number of halogens is 2. The van der Waals surface area contributed by atoms with E-state index in [1.54, 1.807) is 18.2 Å². The highest BCUT2D eigenvalue weighted by atomic mass is 19.3. The van der Waals surface area contributed by atoms with E-state index in [0.717, 1.165) is 54.4 Å². The number of likely N-dealkylation sites (tertiary alicyclic amines) is 1. The molecule has 2 aromatic heterocycles. The Labute approximate surface area is 237 Å². The highest BCUT2D eigenvalue weighted by molar-refractivity contribution is 6.07. The molecule has 1 aromatic carbocycles. The number of pyridine rings is 2. The van der Waals surface area contributed by atoms with Crippen LogP contribution in [0.4, 0.5) is 8.78 Å². The number of carbonyl (C=O) groups excluding carboxylic acids is 2. The van der Waals surface area contributed by atoms with Crippen molar-refractivity contribution in [3.05, 3.63) is 71.2 Å². The summed E-state index contributed by atoms with van der Waals surface area (Å²) in [4.78, 5) is 40.0. The summed E-state index contributed by atoms with van der Waals surface area (Å²) < 4.78 is 27.4. The number of likely N-dealkylation sites (N-methyl/N-ethyl adjacent to an activating group) is 1. The average molecular weight is 560 g/mol. The molecule has 5 rings (SSSR count). The number of carbonyl (C=O) groups is 2. The molecule has 3 aromatic rings. The van der Waals surface area contributed by atoms with E-state index in [0.29, 0.717) is 16.5 Å². The van der Waals surface area contributed by atoms with Gasteiger partial charge in [0.1, 0.15) is 6.04 Å². The van der Waals surface area contributed by atoms with Crippen molar-refractivity contribution in [2.24, 2.45) is 0 Å². The van der Waals surface area contributed by atoms with E-state index in [9.17, 15) is 18.4 Å². The zero-order valence-corrected chi connectivity index (χ0v) is 22.8. The van der Waals surface area contributed by atoms with Gasteiger partial charge in [-0.1, -0.05) is 24.3 Å². The zero-order chi connectivity index (χ0) is 29.0. The van der Waals surface area contributed by atoms with E-state index in [1.165, 1.54) is 6.20 Å².